The Morgan fingerprint density at radius 1 is 1.24 bits per heavy atom. The molecule has 0 fully saturated rings. The van der Waals surface area contributed by atoms with Gasteiger partial charge in [0.15, 0.2) is 5.16 Å². The van der Waals surface area contributed by atoms with E-state index in [1.54, 1.807) is 29.7 Å². The van der Waals surface area contributed by atoms with Gasteiger partial charge in [-0.2, -0.15) is 0 Å². The van der Waals surface area contributed by atoms with E-state index in [9.17, 15) is 14.7 Å². The van der Waals surface area contributed by atoms with Crippen LogP contribution in [0.15, 0.2) is 52.4 Å². The number of aryl methyl sites for hydroxylation is 2. The summed E-state index contributed by atoms with van der Waals surface area (Å²) in [5.41, 5.74) is 3.35. The summed E-state index contributed by atoms with van der Waals surface area (Å²) in [4.78, 5) is 30.3. The first-order valence-electron chi connectivity index (χ1n) is 9.56. The highest BCUT2D eigenvalue weighted by atomic mass is 32.2. The number of rotatable bonds is 7. The number of aromatic nitrogens is 2. The lowest BCUT2D eigenvalue weighted by Crippen LogP contribution is -2.27. The predicted molar refractivity (Wildman–Crippen MR) is 118 cm³/mol. The number of anilines is 1. The van der Waals surface area contributed by atoms with Crippen molar-refractivity contribution in [2.75, 3.05) is 11.9 Å². The first kappa shape index (κ1) is 21.1. The molecule has 0 aliphatic rings. The number of hydrogen-bond donors (Lipinski definition) is 2. The SMILES string of the molecule is Cc1ccc(NC(=O)[C@@H](C)Sc2nc3ccccc3c(=O)n2CCCO)c(C)c1. The van der Waals surface area contributed by atoms with Crippen LogP contribution in [0.1, 0.15) is 24.5 Å². The van der Waals surface area contributed by atoms with Gasteiger partial charge in [-0.25, -0.2) is 4.98 Å². The number of benzene rings is 2. The minimum Gasteiger partial charge on any atom is -0.396 e. The van der Waals surface area contributed by atoms with Gasteiger partial charge in [0, 0.05) is 18.8 Å². The lowest BCUT2D eigenvalue weighted by molar-refractivity contribution is -0.115. The van der Waals surface area contributed by atoms with Crippen LogP contribution in [-0.4, -0.2) is 32.4 Å². The Kier molecular flexibility index (Phi) is 6.71. The van der Waals surface area contributed by atoms with E-state index in [0.29, 0.717) is 29.0 Å². The van der Waals surface area contributed by atoms with Gasteiger partial charge >= 0.3 is 0 Å². The highest BCUT2D eigenvalue weighted by Crippen LogP contribution is 2.25. The minimum absolute atomic E-state index is 0.0217. The van der Waals surface area contributed by atoms with Gasteiger partial charge in [-0.15, -0.1) is 0 Å². The van der Waals surface area contributed by atoms with Crippen molar-refractivity contribution in [1.82, 2.24) is 9.55 Å². The number of carbonyl (C=O) groups excluding carboxylic acids is 1. The molecule has 0 aliphatic carbocycles. The van der Waals surface area contributed by atoms with E-state index < -0.39 is 5.25 Å². The Bertz CT molecular complexity index is 1090. The average molecular weight is 412 g/mol. The third-order valence-electron chi connectivity index (χ3n) is 4.66. The molecule has 3 aromatic rings. The Labute approximate surface area is 174 Å². The molecule has 0 spiro atoms. The zero-order chi connectivity index (χ0) is 21.0. The number of aliphatic hydroxyl groups excluding tert-OH is 1. The van der Waals surface area contributed by atoms with Gasteiger partial charge < -0.3 is 10.4 Å². The summed E-state index contributed by atoms with van der Waals surface area (Å²) >= 11 is 1.24. The Morgan fingerprint density at radius 3 is 2.72 bits per heavy atom. The second-order valence-electron chi connectivity index (χ2n) is 7.01. The summed E-state index contributed by atoms with van der Waals surface area (Å²) in [6.07, 6.45) is 0.441. The van der Waals surface area contributed by atoms with Crippen LogP contribution >= 0.6 is 11.8 Å². The summed E-state index contributed by atoms with van der Waals surface area (Å²) in [6, 6.07) is 13.0. The van der Waals surface area contributed by atoms with E-state index in [1.165, 1.54) is 11.8 Å². The fourth-order valence-electron chi connectivity index (χ4n) is 3.06. The molecule has 0 saturated carbocycles. The van der Waals surface area contributed by atoms with Crippen molar-refractivity contribution in [3.8, 4) is 0 Å². The maximum atomic E-state index is 12.9. The van der Waals surface area contributed by atoms with Crippen molar-refractivity contribution in [3.63, 3.8) is 0 Å². The molecule has 0 bridgehead atoms. The lowest BCUT2D eigenvalue weighted by Gasteiger charge is -2.17. The van der Waals surface area contributed by atoms with Crippen molar-refractivity contribution in [1.29, 1.82) is 0 Å². The van der Waals surface area contributed by atoms with Crippen molar-refractivity contribution in [2.24, 2.45) is 0 Å². The van der Waals surface area contributed by atoms with E-state index in [0.717, 1.165) is 16.8 Å². The van der Waals surface area contributed by atoms with Gasteiger partial charge in [0.25, 0.3) is 5.56 Å². The van der Waals surface area contributed by atoms with Crippen LogP contribution in [0.5, 0.6) is 0 Å². The quantitative estimate of drug-likeness (QED) is 0.459. The lowest BCUT2D eigenvalue weighted by atomic mass is 10.1. The van der Waals surface area contributed by atoms with Gasteiger partial charge in [0.2, 0.25) is 5.91 Å². The Hall–Kier alpha value is -2.64. The maximum absolute atomic E-state index is 12.9. The monoisotopic (exact) mass is 411 g/mol. The molecule has 0 unspecified atom stereocenters. The van der Waals surface area contributed by atoms with E-state index in [2.05, 4.69) is 10.3 Å². The smallest absolute Gasteiger partial charge is 0.262 e. The summed E-state index contributed by atoms with van der Waals surface area (Å²) in [6.45, 7) is 6.08. The number of para-hydroxylation sites is 1. The standard InChI is InChI=1S/C22H25N3O3S/c1-14-9-10-18(15(2)13-14)23-20(27)16(3)29-22-24-19-8-5-4-7-17(19)21(28)25(22)11-6-12-26/h4-5,7-10,13,16,26H,6,11-12H2,1-3H3,(H,23,27)/t16-/m1/s1. The first-order chi connectivity index (χ1) is 13.9. The highest BCUT2D eigenvalue weighted by molar-refractivity contribution is 8.00. The topological polar surface area (TPSA) is 84.2 Å². The van der Waals surface area contributed by atoms with Gasteiger partial charge in [-0.3, -0.25) is 14.2 Å². The van der Waals surface area contributed by atoms with Crippen molar-refractivity contribution < 1.29 is 9.90 Å². The van der Waals surface area contributed by atoms with Gasteiger partial charge in [-0.1, -0.05) is 41.6 Å². The molecule has 2 N–H and O–H groups in total. The number of hydrogen-bond acceptors (Lipinski definition) is 5. The zero-order valence-electron chi connectivity index (χ0n) is 16.8. The Morgan fingerprint density at radius 2 is 2.00 bits per heavy atom. The number of fused-ring (bicyclic) bond motifs is 1. The molecule has 1 aromatic heterocycles. The normalized spacial score (nSPS) is 12.1. The number of aliphatic hydroxyl groups is 1. The number of thioether (sulfide) groups is 1. The van der Waals surface area contributed by atoms with Crippen LogP contribution in [0.25, 0.3) is 10.9 Å². The molecule has 0 aliphatic heterocycles. The van der Waals surface area contributed by atoms with Crippen molar-refractivity contribution in [2.45, 2.75) is 44.1 Å². The Balaban J connectivity index is 1.87. The van der Waals surface area contributed by atoms with Crippen LogP contribution in [-0.2, 0) is 11.3 Å². The summed E-state index contributed by atoms with van der Waals surface area (Å²) in [5.74, 6) is -0.155. The van der Waals surface area contributed by atoms with E-state index >= 15 is 0 Å². The molecule has 0 saturated heterocycles. The van der Waals surface area contributed by atoms with E-state index in [1.807, 2.05) is 38.1 Å². The van der Waals surface area contributed by atoms with E-state index in [-0.39, 0.29) is 18.1 Å². The second kappa shape index (κ2) is 9.24. The van der Waals surface area contributed by atoms with Crippen molar-refractivity contribution >= 4 is 34.3 Å². The molecule has 7 heteroatoms. The second-order valence-corrected chi connectivity index (χ2v) is 8.32. The molecule has 0 radical (unpaired) electrons. The molecule has 1 atom stereocenters. The van der Waals surface area contributed by atoms with Crippen LogP contribution in [0.2, 0.25) is 0 Å². The number of nitrogens with one attached hydrogen (secondary N) is 1. The summed E-state index contributed by atoms with van der Waals surface area (Å²) in [7, 11) is 0. The third-order valence-corrected chi connectivity index (χ3v) is 5.75. The summed E-state index contributed by atoms with van der Waals surface area (Å²) < 4.78 is 1.55. The molecule has 29 heavy (non-hydrogen) atoms. The van der Waals surface area contributed by atoms with Crippen LogP contribution < -0.4 is 10.9 Å². The van der Waals surface area contributed by atoms with Gasteiger partial charge in [0.1, 0.15) is 0 Å². The van der Waals surface area contributed by atoms with E-state index in [4.69, 9.17) is 0 Å². The molecule has 152 valence electrons. The maximum Gasteiger partial charge on any atom is 0.262 e. The molecule has 2 aromatic carbocycles. The largest absolute Gasteiger partial charge is 0.396 e. The molecular weight excluding hydrogens is 386 g/mol. The third kappa shape index (κ3) is 4.86. The number of amides is 1. The molecule has 1 heterocycles. The number of carbonyl (C=O) groups is 1. The van der Waals surface area contributed by atoms with Crippen LogP contribution in [0.3, 0.4) is 0 Å². The fourth-order valence-corrected chi connectivity index (χ4v) is 4.00. The van der Waals surface area contributed by atoms with Crippen molar-refractivity contribution in [3.05, 3.63) is 63.9 Å². The molecule has 3 rings (SSSR count). The predicted octanol–water partition coefficient (Wildman–Crippen LogP) is 3.52. The molecular formula is C22H25N3O3S. The highest BCUT2D eigenvalue weighted by Gasteiger charge is 2.20. The number of nitrogens with zero attached hydrogens (tertiary/aromatic N) is 2. The zero-order valence-corrected chi connectivity index (χ0v) is 17.6. The fraction of sp³-hybridized carbons (Fsp3) is 0.318. The molecule has 6 nitrogen and oxygen atoms in total. The van der Waals surface area contributed by atoms with Gasteiger partial charge in [-0.05, 0) is 51.0 Å². The first-order valence-corrected chi connectivity index (χ1v) is 10.4. The summed E-state index contributed by atoms with van der Waals surface area (Å²) in [5, 5.41) is 12.7. The molecule has 1 amide bonds. The van der Waals surface area contributed by atoms with Crippen LogP contribution in [0.4, 0.5) is 5.69 Å². The minimum atomic E-state index is -0.454. The van der Waals surface area contributed by atoms with Gasteiger partial charge in [0.05, 0.1) is 16.2 Å². The average Bonchev–Trinajstić information content (AvgIpc) is 2.70. The van der Waals surface area contributed by atoms with Crippen LogP contribution in [0, 0.1) is 13.8 Å².